The monoisotopic (exact) mass is 275 g/mol. The molecule has 1 saturated heterocycles. The molecule has 20 heavy (non-hydrogen) atoms. The maximum Gasteiger partial charge on any atom is 0.338 e. The van der Waals surface area contributed by atoms with Crippen molar-refractivity contribution in [3.05, 3.63) is 34.3 Å². The minimum absolute atomic E-state index is 0.0259. The van der Waals surface area contributed by atoms with E-state index in [2.05, 4.69) is 19.7 Å². The first kappa shape index (κ1) is 13.8. The molecule has 2 rings (SSSR count). The lowest BCUT2D eigenvalue weighted by atomic mass is 10.1. The summed E-state index contributed by atoms with van der Waals surface area (Å²) in [5.41, 5.74) is 8.63. The van der Waals surface area contributed by atoms with Gasteiger partial charge in [0.25, 0.3) is 0 Å². The predicted molar refractivity (Wildman–Crippen MR) is 70.0 cm³/mol. The Morgan fingerprint density at radius 2 is 2.50 bits per heavy atom. The number of carbonyl (C=O) groups is 2. The van der Waals surface area contributed by atoms with Gasteiger partial charge >= 0.3 is 5.97 Å². The van der Waals surface area contributed by atoms with Gasteiger partial charge in [-0.3, -0.25) is 9.69 Å². The lowest BCUT2D eigenvalue weighted by Gasteiger charge is -2.15. The smallest absolute Gasteiger partial charge is 0.338 e. The highest BCUT2D eigenvalue weighted by molar-refractivity contribution is 5.96. The van der Waals surface area contributed by atoms with E-state index in [-0.39, 0.29) is 18.4 Å². The second kappa shape index (κ2) is 6.03. The molecular weight excluding hydrogens is 262 g/mol. The first-order valence-electron chi connectivity index (χ1n) is 6.01. The third-order valence-corrected chi connectivity index (χ3v) is 3.05. The van der Waals surface area contributed by atoms with Crippen molar-refractivity contribution in [3.8, 4) is 0 Å². The van der Waals surface area contributed by atoms with Crippen LogP contribution in [0.1, 0.15) is 16.8 Å². The summed E-state index contributed by atoms with van der Waals surface area (Å²) in [5, 5.41) is 3.48. The Morgan fingerprint density at radius 3 is 3.20 bits per heavy atom. The van der Waals surface area contributed by atoms with E-state index in [4.69, 9.17) is 5.53 Å². The number of aromatic nitrogens is 1. The van der Waals surface area contributed by atoms with Gasteiger partial charge in [0.2, 0.25) is 5.91 Å². The average Bonchev–Trinajstić information content (AvgIpc) is 2.85. The maximum absolute atomic E-state index is 11.9. The summed E-state index contributed by atoms with van der Waals surface area (Å²) in [4.78, 5) is 31.7. The number of rotatable bonds is 4. The van der Waals surface area contributed by atoms with Crippen LogP contribution < -0.4 is 4.90 Å². The van der Waals surface area contributed by atoms with Crippen molar-refractivity contribution in [3.63, 3.8) is 0 Å². The van der Waals surface area contributed by atoms with Crippen molar-refractivity contribution < 1.29 is 14.3 Å². The molecule has 0 saturated carbocycles. The number of amides is 1. The largest absolute Gasteiger partial charge is 0.465 e. The Kier molecular flexibility index (Phi) is 4.17. The third kappa shape index (κ3) is 2.86. The van der Waals surface area contributed by atoms with E-state index in [0.717, 1.165) is 0 Å². The summed E-state index contributed by atoms with van der Waals surface area (Å²) < 4.78 is 4.63. The summed E-state index contributed by atoms with van der Waals surface area (Å²) in [6.07, 6.45) is 1.76. The molecule has 1 aromatic rings. The standard InChI is InChI=1S/C12H13N5O3/c1-20-12(19)9-2-3-14-10(5-9)17-7-8(4-11(17)18)6-15-16-13/h2-3,5,8H,4,6-7H2,1H3. The number of methoxy groups -OCH3 is 1. The molecule has 0 radical (unpaired) electrons. The van der Waals surface area contributed by atoms with Crippen molar-refractivity contribution in [2.24, 2.45) is 11.0 Å². The molecule has 1 atom stereocenters. The summed E-state index contributed by atoms with van der Waals surface area (Å²) in [6.45, 7) is 0.699. The van der Waals surface area contributed by atoms with Crippen LogP contribution in [0.3, 0.4) is 0 Å². The number of azide groups is 1. The number of anilines is 1. The second-order valence-electron chi connectivity index (χ2n) is 4.38. The number of pyridine rings is 1. The molecule has 1 amide bonds. The molecule has 0 aromatic carbocycles. The van der Waals surface area contributed by atoms with Gasteiger partial charge in [0.1, 0.15) is 5.82 Å². The van der Waals surface area contributed by atoms with Crippen LogP contribution >= 0.6 is 0 Å². The molecule has 0 bridgehead atoms. The van der Waals surface area contributed by atoms with E-state index in [1.807, 2.05) is 0 Å². The first-order valence-corrected chi connectivity index (χ1v) is 6.01. The maximum atomic E-state index is 11.9. The molecule has 0 N–H and O–H groups in total. The fraction of sp³-hybridized carbons (Fsp3) is 0.417. The minimum Gasteiger partial charge on any atom is -0.465 e. The van der Waals surface area contributed by atoms with Gasteiger partial charge in [0.15, 0.2) is 0 Å². The quantitative estimate of drug-likeness (QED) is 0.359. The highest BCUT2D eigenvalue weighted by Gasteiger charge is 2.31. The molecule has 1 aromatic heterocycles. The van der Waals surface area contributed by atoms with Gasteiger partial charge < -0.3 is 4.74 Å². The lowest BCUT2D eigenvalue weighted by molar-refractivity contribution is -0.117. The first-order chi connectivity index (χ1) is 9.65. The molecule has 2 heterocycles. The highest BCUT2D eigenvalue weighted by atomic mass is 16.5. The molecule has 1 aliphatic rings. The summed E-state index contributed by atoms with van der Waals surface area (Å²) in [7, 11) is 1.29. The number of esters is 1. The minimum atomic E-state index is -0.481. The van der Waals surface area contributed by atoms with Crippen molar-refractivity contribution in [1.29, 1.82) is 0 Å². The Bertz CT molecular complexity index is 582. The van der Waals surface area contributed by atoms with Gasteiger partial charge in [-0.1, -0.05) is 5.11 Å². The van der Waals surface area contributed by atoms with Gasteiger partial charge in [0.05, 0.1) is 12.7 Å². The number of nitrogens with zero attached hydrogens (tertiary/aromatic N) is 5. The molecular formula is C12H13N5O3. The molecule has 104 valence electrons. The van der Waals surface area contributed by atoms with Crippen LogP contribution in [0.25, 0.3) is 10.4 Å². The van der Waals surface area contributed by atoms with E-state index < -0.39 is 5.97 Å². The number of hydrogen-bond acceptors (Lipinski definition) is 5. The molecule has 0 aliphatic carbocycles. The van der Waals surface area contributed by atoms with Crippen LogP contribution in [-0.2, 0) is 9.53 Å². The summed E-state index contributed by atoms with van der Waals surface area (Å²) >= 11 is 0. The Morgan fingerprint density at radius 1 is 1.70 bits per heavy atom. The van der Waals surface area contributed by atoms with Crippen LogP contribution in [0.5, 0.6) is 0 Å². The van der Waals surface area contributed by atoms with Crippen molar-refractivity contribution in [2.75, 3.05) is 25.1 Å². The molecule has 1 unspecified atom stereocenters. The molecule has 8 nitrogen and oxygen atoms in total. The second-order valence-corrected chi connectivity index (χ2v) is 4.38. The number of ether oxygens (including phenoxy) is 1. The van der Waals surface area contributed by atoms with Crippen molar-refractivity contribution >= 4 is 17.7 Å². The van der Waals surface area contributed by atoms with Crippen LogP contribution in [0, 0.1) is 5.92 Å². The topological polar surface area (TPSA) is 108 Å². The van der Waals surface area contributed by atoms with Gasteiger partial charge in [-0.15, -0.1) is 0 Å². The van der Waals surface area contributed by atoms with E-state index in [1.54, 1.807) is 0 Å². The fourth-order valence-corrected chi connectivity index (χ4v) is 2.09. The van der Waals surface area contributed by atoms with E-state index in [9.17, 15) is 9.59 Å². The Balaban J connectivity index is 2.17. The van der Waals surface area contributed by atoms with Crippen LogP contribution in [0.4, 0.5) is 5.82 Å². The molecule has 8 heteroatoms. The Labute approximate surface area is 115 Å². The van der Waals surface area contributed by atoms with E-state index >= 15 is 0 Å². The lowest BCUT2D eigenvalue weighted by Crippen LogP contribution is -2.26. The number of hydrogen-bond donors (Lipinski definition) is 0. The van der Waals surface area contributed by atoms with Gasteiger partial charge in [-0.2, -0.15) is 0 Å². The van der Waals surface area contributed by atoms with Gasteiger partial charge in [0, 0.05) is 30.6 Å². The fourth-order valence-electron chi connectivity index (χ4n) is 2.09. The van der Waals surface area contributed by atoms with Gasteiger partial charge in [-0.25, -0.2) is 9.78 Å². The SMILES string of the molecule is COC(=O)c1ccnc(N2CC(CN=[N+]=[N-])CC2=O)c1. The van der Waals surface area contributed by atoms with Gasteiger partial charge in [-0.05, 0) is 23.6 Å². The van der Waals surface area contributed by atoms with Crippen molar-refractivity contribution in [2.45, 2.75) is 6.42 Å². The zero-order valence-electron chi connectivity index (χ0n) is 10.9. The normalized spacial score (nSPS) is 17.8. The zero-order valence-corrected chi connectivity index (χ0v) is 10.9. The van der Waals surface area contributed by atoms with E-state index in [1.165, 1.54) is 30.3 Å². The van der Waals surface area contributed by atoms with Crippen molar-refractivity contribution in [1.82, 2.24) is 4.98 Å². The molecule has 1 aliphatic heterocycles. The van der Waals surface area contributed by atoms with E-state index in [0.29, 0.717) is 24.3 Å². The summed E-state index contributed by atoms with van der Waals surface area (Å²) in [5.74, 6) is -0.202. The average molecular weight is 275 g/mol. The molecule has 1 fully saturated rings. The predicted octanol–water partition coefficient (Wildman–Crippen LogP) is 1.53. The third-order valence-electron chi connectivity index (χ3n) is 3.05. The highest BCUT2D eigenvalue weighted by Crippen LogP contribution is 2.24. The van der Waals surface area contributed by atoms with Crippen LogP contribution in [0.15, 0.2) is 23.4 Å². The number of carbonyl (C=O) groups excluding carboxylic acids is 2. The Hall–Kier alpha value is -2.60. The zero-order chi connectivity index (χ0) is 14.5. The summed E-state index contributed by atoms with van der Waals surface area (Å²) in [6, 6.07) is 3.03. The molecule has 0 spiro atoms. The van der Waals surface area contributed by atoms with Crippen LogP contribution in [-0.4, -0.2) is 37.1 Å². The van der Waals surface area contributed by atoms with Crippen LogP contribution in [0.2, 0.25) is 0 Å².